The maximum Gasteiger partial charge on any atom is 0.225 e. The number of anilines is 1. The van der Waals surface area contributed by atoms with Crippen LogP contribution in [0.15, 0.2) is 47.4 Å². The molecule has 1 N–H and O–H groups in total. The van der Waals surface area contributed by atoms with Crippen molar-refractivity contribution in [2.24, 2.45) is 0 Å². The lowest BCUT2D eigenvalue weighted by Crippen LogP contribution is -2.12. The van der Waals surface area contributed by atoms with E-state index in [-0.39, 0.29) is 5.91 Å². The van der Waals surface area contributed by atoms with Gasteiger partial charge in [-0.25, -0.2) is 4.98 Å². The van der Waals surface area contributed by atoms with Gasteiger partial charge in [-0.15, -0.1) is 23.1 Å². The summed E-state index contributed by atoms with van der Waals surface area (Å²) in [7, 11) is 1.65. The number of benzene rings is 2. The Morgan fingerprint density at radius 3 is 2.79 bits per heavy atom. The Balaban J connectivity index is 1.50. The van der Waals surface area contributed by atoms with Gasteiger partial charge in [-0.1, -0.05) is 0 Å². The van der Waals surface area contributed by atoms with Crippen LogP contribution in [-0.2, 0) is 4.79 Å². The third-order valence-corrected chi connectivity index (χ3v) is 5.40. The molecule has 6 heteroatoms. The molecule has 1 heterocycles. The highest BCUT2D eigenvalue weighted by Crippen LogP contribution is 2.25. The highest BCUT2D eigenvalue weighted by molar-refractivity contribution is 7.99. The number of nitrogens with one attached hydrogen (secondary N) is 1. The molecule has 0 fully saturated rings. The molecule has 0 aliphatic heterocycles. The fourth-order valence-electron chi connectivity index (χ4n) is 2.28. The van der Waals surface area contributed by atoms with Gasteiger partial charge in [0, 0.05) is 22.8 Å². The molecule has 0 spiro atoms. The van der Waals surface area contributed by atoms with E-state index in [2.05, 4.69) is 10.3 Å². The first-order chi connectivity index (χ1) is 11.6. The number of carbonyl (C=O) groups is 1. The lowest BCUT2D eigenvalue weighted by molar-refractivity contribution is -0.115. The summed E-state index contributed by atoms with van der Waals surface area (Å²) >= 11 is 3.32. The molecular formula is C18H18N2O2S2. The van der Waals surface area contributed by atoms with Crippen LogP contribution in [0.1, 0.15) is 11.4 Å². The van der Waals surface area contributed by atoms with E-state index in [9.17, 15) is 4.79 Å². The highest BCUT2D eigenvalue weighted by Gasteiger charge is 2.06. The van der Waals surface area contributed by atoms with Gasteiger partial charge in [-0.2, -0.15) is 0 Å². The third-order valence-electron chi connectivity index (χ3n) is 3.44. The van der Waals surface area contributed by atoms with Crippen LogP contribution in [-0.4, -0.2) is 23.8 Å². The molecule has 0 unspecified atom stereocenters. The molecule has 0 bridgehead atoms. The second-order valence-electron chi connectivity index (χ2n) is 5.24. The molecule has 0 aliphatic rings. The summed E-state index contributed by atoms with van der Waals surface area (Å²) in [6.07, 6.45) is 0.463. The molecule has 4 nitrogen and oxygen atoms in total. The van der Waals surface area contributed by atoms with Crippen molar-refractivity contribution >= 4 is 44.9 Å². The normalized spacial score (nSPS) is 10.8. The average molecular weight is 358 g/mol. The largest absolute Gasteiger partial charge is 0.497 e. The summed E-state index contributed by atoms with van der Waals surface area (Å²) in [5, 5.41) is 3.97. The van der Waals surface area contributed by atoms with Crippen molar-refractivity contribution in [2.75, 3.05) is 18.2 Å². The quantitative estimate of drug-likeness (QED) is 0.647. The van der Waals surface area contributed by atoms with Crippen LogP contribution in [0, 0.1) is 6.92 Å². The van der Waals surface area contributed by atoms with E-state index in [4.69, 9.17) is 4.74 Å². The zero-order valence-corrected chi connectivity index (χ0v) is 15.2. The smallest absolute Gasteiger partial charge is 0.225 e. The molecule has 0 saturated heterocycles. The highest BCUT2D eigenvalue weighted by atomic mass is 32.2. The number of amides is 1. The van der Waals surface area contributed by atoms with Gasteiger partial charge in [0.25, 0.3) is 0 Å². The molecule has 3 aromatic rings. The van der Waals surface area contributed by atoms with E-state index >= 15 is 0 Å². The minimum atomic E-state index is 0.0160. The molecule has 2 aromatic carbocycles. The van der Waals surface area contributed by atoms with Gasteiger partial charge in [0.05, 0.1) is 22.3 Å². The summed E-state index contributed by atoms with van der Waals surface area (Å²) in [6.45, 7) is 1.99. The summed E-state index contributed by atoms with van der Waals surface area (Å²) in [6, 6.07) is 13.7. The van der Waals surface area contributed by atoms with Crippen LogP contribution in [0.3, 0.4) is 0 Å². The zero-order chi connectivity index (χ0) is 16.9. The van der Waals surface area contributed by atoms with Crippen molar-refractivity contribution in [1.29, 1.82) is 0 Å². The number of thioether (sulfide) groups is 1. The zero-order valence-electron chi connectivity index (χ0n) is 13.5. The van der Waals surface area contributed by atoms with Gasteiger partial charge in [0.15, 0.2) is 0 Å². The molecule has 0 atom stereocenters. The number of nitrogens with zero attached hydrogens (tertiary/aromatic N) is 1. The van der Waals surface area contributed by atoms with E-state index in [1.54, 1.807) is 30.2 Å². The van der Waals surface area contributed by atoms with Crippen molar-refractivity contribution in [3.05, 3.63) is 47.5 Å². The Kier molecular flexibility index (Phi) is 5.37. The predicted octanol–water partition coefficient (Wildman–Crippen LogP) is 4.73. The first-order valence-corrected chi connectivity index (χ1v) is 9.38. The molecule has 1 aromatic heterocycles. The second-order valence-corrected chi connectivity index (χ2v) is 7.64. The van der Waals surface area contributed by atoms with Gasteiger partial charge in [0.2, 0.25) is 5.91 Å². The van der Waals surface area contributed by atoms with E-state index in [0.717, 1.165) is 37.3 Å². The summed E-state index contributed by atoms with van der Waals surface area (Å²) in [5.74, 6) is 1.59. The minimum absolute atomic E-state index is 0.0160. The molecule has 0 saturated carbocycles. The monoisotopic (exact) mass is 358 g/mol. The SMILES string of the molecule is COc1ccc(SCCC(=O)Nc2ccc3sc(C)nc3c2)cc1. The van der Waals surface area contributed by atoms with E-state index in [1.165, 1.54) is 0 Å². The van der Waals surface area contributed by atoms with E-state index in [0.29, 0.717) is 6.42 Å². The van der Waals surface area contributed by atoms with Crippen molar-refractivity contribution in [3.63, 3.8) is 0 Å². The fraction of sp³-hybridized carbons (Fsp3) is 0.222. The number of hydrogen-bond donors (Lipinski definition) is 1. The molecule has 124 valence electrons. The Hall–Kier alpha value is -2.05. The van der Waals surface area contributed by atoms with Crippen LogP contribution >= 0.6 is 23.1 Å². The fourth-order valence-corrected chi connectivity index (χ4v) is 3.94. The maximum atomic E-state index is 12.1. The van der Waals surface area contributed by atoms with Gasteiger partial charge in [-0.3, -0.25) is 4.79 Å². The number of aryl methyl sites for hydroxylation is 1. The van der Waals surface area contributed by atoms with Crippen LogP contribution in [0.5, 0.6) is 5.75 Å². The van der Waals surface area contributed by atoms with E-state index < -0.39 is 0 Å². The molecular weight excluding hydrogens is 340 g/mol. The number of ether oxygens (including phenoxy) is 1. The van der Waals surface area contributed by atoms with Crippen molar-refractivity contribution in [1.82, 2.24) is 4.98 Å². The lowest BCUT2D eigenvalue weighted by Gasteiger charge is -2.06. The van der Waals surface area contributed by atoms with Crippen LogP contribution < -0.4 is 10.1 Å². The number of rotatable bonds is 6. The van der Waals surface area contributed by atoms with Crippen molar-refractivity contribution < 1.29 is 9.53 Å². The number of fused-ring (bicyclic) bond motifs is 1. The number of aromatic nitrogens is 1. The Morgan fingerprint density at radius 2 is 2.04 bits per heavy atom. The molecule has 0 aliphatic carbocycles. The predicted molar refractivity (Wildman–Crippen MR) is 101 cm³/mol. The lowest BCUT2D eigenvalue weighted by atomic mass is 10.3. The standard InChI is InChI=1S/C18H18N2O2S2/c1-12-19-16-11-13(3-8-17(16)24-12)20-18(21)9-10-23-15-6-4-14(22-2)5-7-15/h3-8,11H,9-10H2,1-2H3,(H,20,21). The third kappa shape index (κ3) is 4.27. The average Bonchev–Trinajstić information content (AvgIpc) is 2.95. The second kappa shape index (κ2) is 7.68. The number of carbonyl (C=O) groups excluding carboxylic acids is 1. The molecule has 1 amide bonds. The van der Waals surface area contributed by atoms with E-state index in [1.807, 2.05) is 49.4 Å². The van der Waals surface area contributed by atoms with Gasteiger partial charge < -0.3 is 10.1 Å². The van der Waals surface area contributed by atoms with Crippen LogP contribution in [0.4, 0.5) is 5.69 Å². The van der Waals surface area contributed by atoms with Crippen molar-refractivity contribution in [3.8, 4) is 5.75 Å². The molecule has 3 rings (SSSR count). The van der Waals surface area contributed by atoms with Gasteiger partial charge >= 0.3 is 0 Å². The van der Waals surface area contributed by atoms with Crippen molar-refractivity contribution in [2.45, 2.75) is 18.2 Å². The summed E-state index contributed by atoms with van der Waals surface area (Å²) in [4.78, 5) is 17.7. The Labute approximate surface area is 149 Å². The van der Waals surface area contributed by atoms with Crippen LogP contribution in [0.25, 0.3) is 10.2 Å². The number of thiazole rings is 1. The topological polar surface area (TPSA) is 51.2 Å². The molecule has 24 heavy (non-hydrogen) atoms. The summed E-state index contributed by atoms with van der Waals surface area (Å²) in [5.41, 5.74) is 1.73. The summed E-state index contributed by atoms with van der Waals surface area (Å²) < 4.78 is 6.27. The Morgan fingerprint density at radius 1 is 1.25 bits per heavy atom. The minimum Gasteiger partial charge on any atom is -0.497 e. The van der Waals surface area contributed by atoms with Crippen LogP contribution in [0.2, 0.25) is 0 Å². The first-order valence-electron chi connectivity index (χ1n) is 7.58. The first kappa shape index (κ1) is 16.8. The molecule has 0 radical (unpaired) electrons. The number of methoxy groups -OCH3 is 1. The number of hydrogen-bond acceptors (Lipinski definition) is 5. The van der Waals surface area contributed by atoms with Gasteiger partial charge in [0.1, 0.15) is 5.75 Å². The maximum absolute atomic E-state index is 12.1. The Bertz CT molecular complexity index is 844. The van der Waals surface area contributed by atoms with Gasteiger partial charge in [-0.05, 0) is 49.4 Å².